The van der Waals surface area contributed by atoms with Gasteiger partial charge in [0.1, 0.15) is 11.7 Å². The summed E-state index contributed by atoms with van der Waals surface area (Å²) in [5.41, 5.74) is 12.0. The zero-order valence-electron chi connectivity index (χ0n) is 17.3. The topological polar surface area (TPSA) is 155 Å². The van der Waals surface area contributed by atoms with Gasteiger partial charge in [-0.2, -0.15) is 9.30 Å². The lowest BCUT2D eigenvalue weighted by Crippen LogP contribution is -2.58. The summed E-state index contributed by atoms with van der Waals surface area (Å²) in [6.07, 6.45) is 6.07. The fourth-order valence-electron chi connectivity index (χ4n) is 4.85. The van der Waals surface area contributed by atoms with Crippen LogP contribution in [-0.2, 0) is 14.8 Å². The average molecular weight is 449 g/mol. The Kier molecular flexibility index (Phi) is 5.65. The number of nitrogens with zero attached hydrogens (tertiary/aromatic N) is 4. The Morgan fingerprint density at radius 2 is 1.87 bits per heavy atom. The zero-order chi connectivity index (χ0) is 22.2. The molecule has 1 unspecified atom stereocenters. The lowest BCUT2D eigenvalue weighted by Gasteiger charge is -2.45. The van der Waals surface area contributed by atoms with E-state index in [0.29, 0.717) is 24.9 Å². The Morgan fingerprint density at radius 3 is 2.58 bits per heavy atom. The zero-order valence-corrected chi connectivity index (χ0v) is 18.1. The van der Waals surface area contributed by atoms with Crippen LogP contribution in [0.4, 0.5) is 5.69 Å². The van der Waals surface area contributed by atoms with Crippen molar-refractivity contribution in [2.75, 3.05) is 11.4 Å². The van der Waals surface area contributed by atoms with Crippen LogP contribution < -0.4 is 16.4 Å². The van der Waals surface area contributed by atoms with Crippen molar-refractivity contribution in [3.63, 3.8) is 0 Å². The van der Waals surface area contributed by atoms with Gasteiger partial charge in [0.2, 0.25) is 21.9 Å². The van der Waals surface area contributed by atoms with Gasteiger partial charge in [-0.05, 0) is 63.1 Å². The molecule has 5 N–H and O–H groups in total. The molecule has 1 atom stereocenters. The molecule has 1 aromatic carbocycles. The van der Waals surface area contributed by atoms with Crippen LogP contribution in [0.25, 0.3) is 0 Å². The molecule has 10 nitrogen and oxygen atoms in total. The summed E-state index contributed by atoms with van der Waals surface area (Å²) in [6, 6.07) is 5.35. The molecule has 2 aliphatic heterocycles. The number of benzene rings is 1. The second kappa shape index (κ2) is 8.12. The summed E-state index contributed by atoms with van der Waals surface area (Å²) in [4.78, 5) is 22.2. The molecule has 0 bridgehead atoms. The lowest BCUT2D eigenvalue weighted by molar-refractivity contribution is -0.142. The molecule has 1 saturated heterocycles. The second-order valence-corrected chi connectivity index (χ2v) is 10.2. The van der Waals surface area contributed by atoms with Crippen LogP contribution in [0.15, 0.2) is 39.1 Å². The van der Waals surface area contributed by atoms with Gasteiger partial charge in [-0.25, -0.2) is 13.4 Å². The van der Waals surface area contributed by atoms with E-state index in [-0.39, 0.29) is 23.4 Å². The molecule has 31 heavy (non-hydrogen) atoms. The molecule has 1 aliphatic carbocycles. The van der Waals surface area contributed by atoms with Crippen molar-refractivity contribution in [2.45, 2.75) is 68.0 Å². The van der Waals surface area contributed by atoms with E-state index in [1.807, 2.05) is 0 Å². The molecule has 3 aliphatic rings. The maximum Gasteiger partial charge on any atom is 0.322 e. The van der Waals surface area contributed by atoms with Crippen LogP contribution in [0, 0.1) is 0 Å². The fraction of sp³-hybridized carbons (Fsp3) is 0.550. The number of hydrogen-bond donors (Lipinski definition) is 3. The first-order valence-corrected chi connectivity index (χ1v) is 12.0. The predicted octanol–water partition coefficient (Wildman–Crippen LogP) is 1.42. The van der Waals surface area contributed by atoms with E-state index in [0.717, 1.165) is 36.4 Å². The van der Waals surface area contributed by atoms with E-state index in [1.54, 1.807) is 17.0 Å². The number of rotatable bonds is 4. The summed E-state index contributed by atoms with van der Waals surface area (Å²) in [5.74, 6) is -0.833. The molecule has 1 spiro atoms. The van der Waals surface area contributed by atoms with E-state index >= 15 is 0 Å². The number of sulfonamides is 1. The van der Waals surface area contributed by atoms with Gasteiger partial charge in [0.25, 0.3) is 0 Å². The van der Waals surface area contributed by atoms with Crippen LogP contribution >= 0.6 is 0 Å². The van der Waals surface area contributed by atoms with Gasteiger partial charge in [0, 0.05) is 12.2 Å². The molecule has 0 aromatic heterocycles. The lowest BCUT2D eigenvalue weighted by atomic mass is 9.87. The number of aliphatic carboxylic acids is 1. The van der Waals surface area contributed by atoms with Crippen molar-refractivity contribution in [1.82, 2.24) is 4.31 Å². The van der Waals surface area contributed by atoms with Gasteiger partial charge in [-0.3, -0.25) is 9.69 Å². The number of piperidine rings is 1. The highest BCUT2D eigenvalue weighted by atomic mass is 32.2. The van der Waals surface area contributed by atoms with E-state index < -0.39 is 27.7 Å². The molecular weight excluding hydrogens is 420 g/mol. The highest BCUT2D eigenvalue weighted by molar-refractivity contribution is 7.89. The molecule has 0 amide bonds. The summed E-state index contributed by atoms with van der Waals surface area (Å²) in [6.45, 7) is 0.182. The maximum absolute atomic E-state index is 13.4. The standard InChI is InChI=1S/C20H28N6O4S/c21-18-23-19(22)26(20(24-18)10-3-1-4-11-20)14-7-6-8-15(13-14)31(29,30)25-12-5-2-9-16(25)17(27)28/h6-8,13,16H,1-5,9-12H2,(H,27,28)(H4,21,22,23,24). The van der Waals surface area contributed by atoms with Gasteiger partial charge in [-0.1, -0.05) is 12.5 Å². The largest absolute Gasteiger partial charge is 0.480 e. The Balaban J connectivity index is 1.74. The molecular formula is C20H28N6O4S. The first-order chi connectivity index (χ1) is 14.7. The van der Waals surface area contributed by atoms with Crippen LogP contribution in [0.1, 0.15) is 51.4 Å². The summed E-state index contributed by atoms with van der Waals surface area (Å²) < 4.78 is 27.8. The molecule has 2 heterocycles. The summed E-state index contributed by atoms with van der Waals surface area (Å²) in [5, 5.41) is 9.53. The Hall–Kier alpha value is -2.66. The van der Waals surface area contributed by atoms with Crippen LogP contribution in [0.5, 0.6) is 0 Å². The first kappa shape index (κ1) is 21.6. The Labute approximate surface area is 181 Å². The highest BCUT2D eigenvalue weighted by Crippen LogP contribution is 2.40. The smallest absolute Gasteiger partial charge is 0.322 e. The number of hydrogen-bond acceptors (Lipinski definition) is 8. The molecule has 11 heteroatoms. The van der Waals surface area contributed by atoms with Crippen LogP contribution in [-0.4, -0.2) is 54.0 Å². The fourth-order valence-corrected chi connectivity index (χ4v) is 6.54. The average Bonchev–Trinajstić information content (AvgIpc) is 2.74. The SMILES string of the molecule is NC1=NC2(CCCCC2)N(c2cccc(S(=O)(=O)N3CCCCC3C(=O)O)c2)C(N)=N1. The van der Waals surface area contributed by atoms with Crippen LogP contribution in [0.3, 0.4) is 0 Å². The quantitative estimate of drug-likeness (QED) is 0.629. The Bertz CT molecular complexity index is 1030. The molecule has 0 radical (unpaired) electrons. The third kappa shape index (κ3) is 3.87. The minimum absolute atomic E-state index is 0.0273. The molecule has 1 aromatic rings. The van der Waals surface area contributed by atoms with Gasteiger partial charge < -0.3 is 16.6 Å². The molecule has 4 rings (SSSR count). The predicted molar refractivity (Wildman–Crippen MR) is 117 cm³/mol. The minimum Gasteiger partial charge on any atom is -0.480 e. The number of anilines is 1. The third-order valence-corrected chi connectivity index (χ3v) is 8.18. The summed E-state index contributed by atoms with van der Waals surface area (Å²) in [7, 11) is -4.00. The molecule has 168 valence electrons. The van der Waals surface area contributed by atoms with Crippen molar-refractivity contribution in [3.05, 3.63) is 24.3 Å². The first-order valence-electron chi connectivity index (χ1n) is 10.6. The highest BCUT2D eigenvalue weighted by Gasteiger charge is 2.43. The van der Waals surface area contributed by atoms with Gasteiger partial charge >= 0.3 is 5.97 Å². The Morgan fingerprint density at radius 1 is 1.13 bits per heavy atom. The normalized spacial score (nSPS) is 24.5. The number of carboxylic acids is 1. The molecule has 2 fully saturated rings. The van der Waals surface area contributed by atoms with Crippen LogP contribution in [0.2, 0.25) is 0 Å². The van der Waals surface area contributed by atoms with E-state index in [4.69, 9.17) is 11.5 Å². The van der Waals surface area contributed by atoms with Gasteiger partial charge in [-0.15, -0.1) is 0 Å². The molecule has 1 saturated carbocycles. The van der Waals surface area contributed by atoms with Crippen molar-refractivity contribution >= 4 is 33.6 Å². The van der Waals surface area contributed by atoms with E-state index in [9.17, 15) is 18.3 Å². The minimum atomic E-state index is -4.00. The monoisotopic (exact) mass is 448 g/mol. The summed E-state index contributed by atoms with van der Waals surface area (Å²) >= 11 is 0. The van der Waals surface area contributed by atoms with E-state index in [2.05, 4.69) is 9.98 Å². The number of guanidine groups is 2. The second-order valence-electron chi connectivity index (χ2n) is 8.28. The number of aliphatic imine (C=N–C) groups is 2. The third-order valence-electron chi connectivity index (χ3n) is 6.27. The number of carboxylic acid groups (broad SMARTS) is 1. The van der Waals surface area contributed by atoms with Crippen molar-refractivity contribution in [3.8, 4) is 0 Å². The number of carbonyl (C=O) groups is 1. The van der Waals surface area contributed by atoms with Crippen molar-refractivity contribution < 1.29 is 18.3 Å². The van der Waals surface area contributed by atoms with Crippen molar-refractivity contribution in [1.29, 1.82) is 0 Å². The van der Waals surface area contributed by atoms with E-state index in [1.165, 1.54) is 12.1 Å². The maximum atomic E-state index is 13.4. The van der Waals surface area contributed by atoms with Crippen molar-refractivity contribution in [2.24, 2.45) is 21.5 Å². The van der Waals surface area contributed by atoms with Gasteiger partial charge in [0.05, 0.1) is 4.90 Å². The van der Waals surface area contributed by atoms with Gasteiger partial charge in [0.15, 0.2) is 0 Å². The number of nitrogens with two attached hydrogens (primary N) is 2.